The van der Waals surface area contributed by atoms with Crippen LogP contribution in [0.1, 0.15) is 0 Å². The summed E-state index contributed by atoms with van der Waals surface area (Å²) in [6.07, 6.45) is 2.97. The molecule has 0 aromatic rings. The van der Waals surface area contributed by atoms with Crippen LogP contribution in [-0.4, -0.2) is 36.3 Å². The van der Waals surface area contributed by atoms with E-state index in [2.05, 4.69) is 9.98 Å². The molecule has 1 rings (SSSR count). The Balaban J connectivity index is 2.49. The van der Waals surface area contributed by atoms with Crippen LogP contribution < -0.4 is 0 Å². The van der Waals surface area contributed by atoms with E-state index in [1.807, 2.05) is 0 Å². The highest BCUT2D eigenvalue weighted by Gasteiger charge is 2.19. The summed E-state index contributed by atoms with van der Waals surface area (Å²) < 4.78 is 0. The van der Waals surface area contributed by atoms with Crippen LogP contribution >= 0.6 is 0 Å². The van der Waals surface area contributed by atoms with Gasteiger partial charge in [-0.3, -0.25) is 9.98 Å². The highest BCUT2D eigenvalue weighted by molar-refractivity contribution is 6.53. The number of hydrogen-bond donors (Lipinski definition) is 2. The Morgan fingerprint density at radius 1 is 1.33 bits per heavy atom. The molecule has 0 aromatic heterocycles. The Labute approximate surface area is 53.1 Å². The lowest BCUT2D eigenvalue weighted by Gasteiger charge is -2.05. The topological polar surface area (TPSA) is 65.2 Å². The Bertz CT molecular complexity index is 134. The molecule has 2 N–H and O–H groups in total. The molecular formula is C4H7BN2O2. The number of hydrogen-bond acceptors (Lipinski definition) is 4. The summed E-state index contributed by atoms with van der Waals surface area (Å²) in [6.45, 7) is 0.406. The van der Waals surface area contributed by atoms with Crippen molar-refractivity contribution in [3.63, 3.8) is 0 Å². The van der Waals surface area contributed by atoms with Crippen LogP contribution in [0.5, 0.6) is 0 Å². The molecule has 0 radical (unpaired) electrons. The second-order valence-corrected chi connectivity index (χ2v) is 1.80. The Kier molecular flexibility index (Phi) is 1.97. The first-order valence-corrected chi connectivity index (χ1v) is 2.67. The maximum atomic E-state index is 8.55. The number of aliphatic imine (C=N–C) groups is 2. The van der Waals surface area contributed by atoms with E-state index in [0.717, 1.165) is 0 Å². The second kappa shape index (κ2) is 2.75. The third-order valence-corrected chi connectivity index (χ3v) is 1.06. The average Bonchev–Trinajstić information content (AvgIpc) is 1.90. The van der Waals surface area contributed by atoms with Gasteiger partial charge in [0.2, 0.25) is 0 Å². The highest BCUT2D eigenvalue weighted by Crippen LogP contribution is 2.02. The van der Waals surface area contributed by atoms with Crippen LogP contribution in [0.2, 0.25) is 5.82 Å². The molecule has 0 spiro atoms. The molecule has 9 heavy (non-hydrogen) atoms. The Hall–Kier alpha value is -0.675. The lowest BCUT2D eigenvalue weighted by atomic mass is 9.74. The van der Waals surface area contributed by atoms with Crippen molar-refractivity contribution in [2.75, 3.05) is 6.67 Å². The molecule has 0 aliphatic carbocycles. The molecule has 0 bridgehead atoms. The summed E-state index contributed by atoms with van der Waals surface area (Å²) in [6, 6.07) is 0. The van der Waals surface area contributed by atoms with Crippen LogP contribution in [0.15, 0.2) is 9.98 Å². The summed E-state index contributed by atoms with van der Waals surface area (Å²) in [5.41, 5.74) is 0. The fraction of sp³-hybridized carbons (Fsp3) is 0.500. The van der Waals surface area contributed by atoms with Gasteiger partial charge in [-0.1, -0.05) is 0 Å². The fourth-order valence-electron chi connectivity index (χ4n) is 0.577. The minimum absolute atomic E-state index is 0.406. The molecule has 0 aromatic carbocycles. The quantitative estimate of drug-likeness (QED) is 0.440. The summed E-state index contributed by atoms with van der Waals surface area (Å²) in [4.78, 5) is 7.47. The van der Waals surface area contributed by atoms with E-state index in [1.54, 1.807) is 0 Å². The molecular weight excluding hydrogens is 119 g/mol. The van der Waals surface area contributed by atoms with Gasteiger partial charge in [0.05, 0.1) is 5.82 Å². The van der Waals surface area contributed by atoms with Gasteiger partial charge >= 0.3 is 7.12 Å². The monoisotopic (exact) mass is 126 g/mol. The van der Waals surface area contributed by atoms with Gasteiger partial charge in [0.1, 0.15) is 6.67 Å². The summed E-state index contributed by atoms with van der Waals surface area (Å²) >= 11 is 0. The van der Waals surface area contributed by atoms with Crippen LogP contribution in [0.4, 0.5) is 0 Å². The lowest BCUT2D eigenvalue weighted by molar-refractivity contribution is 0.408. The van der Waals surface area contributed by atoms with Gasteiger partial charge in [0.25, 0.3) is 0 Å². The fourth-order valence-corrected chi connectivity index (χ4v) is 0.577. The van der Waals surface area contributed by atoms with Crippen molar-refractivity contribution in [1.82, 2.24) is 0 Å². The van der Waals surface area contributed by atoms with E-state index in [4.69, 9.17) is 10.0 Å². The molecule has 0 amide bonds. The van der Waals surface area contributed by atoms with Crippen molar-refractivity contribution in [3.05, 3.63) is 0 Å². The maximum absolute atomic E-state index is 8.55. The van der Waals surface area contributed by atoms with Gasteiger partial charge in [-0.05, 0) is 0 Å². The van der Waals surface area contributed by atoms with Crippen LogP contribution in [-0.2, 0) is 0 Å². The maximum Gasteiger partial charge on any atom is 0.466 e. The summed E-state index contributed by atoms with van der Waals surface area (Å²) in [5, 5.41) is 17.1. The summed E-state index contributed by atoms with van der Waals surface area (Å²) in [7, 11) is -1.36. The second-order valence-electron chi connectivity index (χ2n) is 1.80. The molecule has 4 nitrogen and oxygen atoms in total. The van der Waals surface area contributed by atoms with E-state index in [1.165, 1.54) is 12.4 Å². The zero-order valence-electron chi connectivity index (χ0n) is 4.81. The van der Waals surface area contributed by atoms with Crippen molar-refractivity contribution in [2.45, 2.75) is 5.82 Å². The first kappa shape index (κ1) is 6.45. The predicted octanol–water partition coefficient (Wildman–Crippen LogP) is -1.06. The molecule has 5 heteroatoms. The van der Waals surface area contributed by atoms with Crippen LogP contribution in [0, 0.1) is 0 Å². The zero-order valence-corrected chi connectivity index (χ0v) is 4.81. The minimum atomic E-state index is -1.36. The van der Waals surface area contributed by atoms with Gasteiger partial charge in [-0.2, -0.15) is 0 Å². The smallest absolute Gasteiger partial charge is 0.426 e. The van der Waals surface area contributed by atoms with E-state index >= 15 is 0 Å². The highest BCUT2D eigenvalue weighted by atomic mass is 16.4. The number of nitrogens with zero attached hydrogens (tertiary/aromatic N) is 2. The normalized spacial score (nSPS) is 18.4. The standard InChI is InChI=1S/C4H7BN2O2/c8-5(9)4-1-6-3-7-2-4/h1-2,4,8-9H,3H2. The van der Waals surface area contributed by atoms with E-state index in [-0.39, 0.29) is 0 Å². The molecule has 1 aliphatic rings. The van der Waals surface area contributed by atoms with Crippen LogP contribution in [0.3, 0.4) is 0 Å². The van der Waals surface area contributed by atoms with Gasteiger partial charge in [0.15, 0.2) is 0 Å². The third kappa shape index (κ3) is 1.62. The van der Waals surface area contributed by atoms with Crippen LogP contribution in [0.25, 0.3) is 0 Å². The van der Waals surface area contributed by atoms with Crippen molar-refractivity contribution in [3.8, 4) is 0 Å². The SMILES string of the molecule is OB(O)C1C=NCN=C1. The molecule has 1 aliphatic heterocycles. The summed E-state index contributed by atoms with van der Waals surface area (Å²) in [5.74, 6) is -0.418. The molecule has 48 valence electrons. The van der Waals surface area contributed by atoms with Gasteiger partial charge in [0, 0.05) is 12.4 Å². The van der Waals surface area contributed by atoms with Crippen molar-refractivity contribution in [2.24, 2.45) is 9.98 Å². The number of rotatable bonds is 1. The van der Waals surface area contributed by atoms with E-state index in [9.17, 15) is 0 Å². The van der Waals surface area contributed by atoms with Crippen molar-refractivity contribution >= 4 is 19.5 Å². The Morgan fingerprint density at radius 2 is 1.89 bits per heavy atom. The lowest BCUT2D eigenvalue weighted by Crippen LogP contribution is -2.23. The third-order valence-electron chi connectivity index (χ3n) is 1.06. The molecule has 1 heterocycles. The largest absolute Gasteiger partial charge is 0.466 e. The zero-order chi connectivity index (χ0) is 6.69. The Morgan fingerprint density at radius 3 is 2.22 bits per heavy atom. The van der Waals surface area contributed by atoms with E-state index < -0.39 is 12.9 Å². The van der Waals surface area contributed by atoms with Crippen molar-refractivity contribution < 1.29 is 10.0 Å². The van der Waals surface area contributed by atoms with Gasteiger partial charge in [-0.15, -0.1) is 0 Å². The minimum Gasteiger partial charge on any atom is -0.426 e. The first-order chi connectivity index (χ1) is 4.30. The molecule has 0 fully saturated rings. The molecule has 0 saturated heterocycles. The predicted molar refractivity (Wildman–Crippen MR) is 35.8 cm³/mol. The average molecular weight is 126 g/mol. The molecule has 0 unspecified atom stereocenters. The van der Waals surface area contributed by atoms with Gasteiger partial charge < -0.3 is 10.0 Å². The van der Waals surface area contributed by atoms with Gasteiger partial charge in [-0.25, -0.2) is 0 Å². The van der Waals surface area contributed by atoms with E-state index in [0.29, 0.717) is 6.67 Å². The molecule has 0 saturated carbocycles. The first-order valence-electron chi connectivity index (χ1n) is 2.67. The molecule has 0 atom stereocenters. The van der Waals surface area contributed by atoms with Crippen molar-refractivity contribution in [1.29, 1.82) is 0 Å².